The van der Waals surface area contributed by atoms with E-state index < -0.39 is 6.04 Å². The van der Waals surface area contributed by atoms with E-state index in [1.54, 1.807) is 0 Å². The molecule has 0 aromatic heterocycles. The molecular weight excluding hydrogens is 290 g/mol. The number of rotatable bonds is 5. The van der Waals surface area contributed by atoms with Crippen LogP contribution >= 0.6 is 0 Å². The number of nitrogens with zero attached hydrogens (tertiary/aromatic N) is 1. The Bertz CT molecular complexity index is 554. The molecule has 3 N–H and O–H groups in total. The minimum Gasteiger partial charge on any atom is -0.346 e. The second-order valence-electron chi connectivity index (χ2n) is 6.64. The van der Waals surface area contributed by atoms with Gasteiger partial charge in [-0.15, -0.1) is 0 Å². The number of hydrogen-bond donors (Lipinski definition) is 2. The zero-order valence-electron chi connectivity index (χ0n) is 14.2. The van der Waals surface area contributed by atoms with Crippen LogP contribution < -0.4 is 11.1 Å². The fraction of sp³-hybridized carbons (Fsp3) is 0.556. The molecule has 126 valence electrons. The zero-order valence-corrected chi connectivity index (χ0v) is 14.2. The van der Waals surface area contributed by atoms with Crippen molar-refractivity contribution in [1.82, 2.24) is 10.2 Å². The summed E-state index contributed by atoms with van der Waals surface area (Å²) in [4.78, 5) is 26.2. The normalized spacial score (nSPS) is 19.0. The SMILES string of the molecule is Cc1ccc(C2CCCN2C(=O)CNC(=O)[C@@H](N)C(C)C)cc1. The van der Waals surface area contributed by atoms with Crippen molar-refractivity contribution in [2.24, 2.45) is 11.7 Å². The van der Waals surface area contributed by atoms with Crippen LogP contribution in [-0.4, -0.2) is 35.8 Å². The lowest BCUT2D eigenvalue weighted by molar-refractivity contribution is -0.134. The lowest BCUT2D eigenvalue weighted by Gasteiger charge is -2.26. The average molecular weight is 317 g/mol. The van der Waals surface area contributed by atoms with E-state index in [0.29, 0.717) is 0 Å². The summed E-state index contributed by atoms with van der Waals surface area (Å²) in [6.07, 6.45) is 1.96. The van der Waals surface area contributed by atoms with E-state index in [9.17, 15) is 9.59 Å². The van der Waals surface area contributed by atoms with E-state index in [1.807, 2.05) is 18.7 Å². The van der Waals surface area contributed by atoms with E-state index in [4.69, 9.17) is 5.73 Å². The van der Waals surface area contributed by atoms with Gasteiger partial charge >= 0.3 is 0 Å². The fourth-order valence-electron chi connectivity index (χ4n) is 2.89. The molecule has 2 amide bonds. The number of benzene rings is 1. The first kappa shape index (κ1) is 17.5. The van der Waals surface area contributed by atoms with Crippen molar-refractivity contribution in [3.63, 3.8) is 0 Å². The van der Waals surface area contributed by atoms with Gasteiger partial charge in [0.25, 0.3) is 0 Å². The molecule has 1 aliphatic rings. The van der Waals surface area contributed by atoms with Crippen molar-refractivity contribution in [2.75, 3.05) is 13.1 Å². The van der Waals surface area contributed by atoms with Crippen LogP contribution in [0.1, 0.15) is 43.9 Å². The van der Waals surface area contributed by atoms with Crippen LogP contribution in [-0.2, 0) is 9.59 Å². The highest BCUT2D eigenvalue weighted by molar-refractivity contribution is 5.87. The van der Waals surface area contributed by atoms with Gasteiger partial charge < -0.3 is 16.0 Å². The van der Waals surface area contributed by atoms with Gasteiger partial charge in [-0.05, 0) is 31.2 Å². The first-order valence-corrected chi connectivity index (χ1v) is 8.29. The summed E-state index contributed by atoms with van der Waals surface area (Å²) in [6.45, 7) is 6.58. The molecule has 1 aromatic carbocycles. The van der Waals surface area contributed by atoms with Crippen LogP contribution in [0.15, 0.2) is 24.3 Å². The van der Waals surface area contributed by atoms with Crippen molar-refractivity contribution in [2.45, 2.75) is 45.7 Å². The fourth-order valence-corrected chi connectivity index (χ4v) is 2.89. The number of carbonyl (C=O) groups is 2. The average Bonchev–Trinajstić information content (AvgIpc) is 3.01. The third kappa shape index (κ3) is 4.32. The minimum atomic E-state index is -0.575. The number of likely N-dealkylation sites (tertiary alicyclic amines) is 1. The minimum absolute atomic E-state index is 0.0155. The molecule has 5 heteroatoms. The molecule has 5 nitrogen and oxygen atoms in total. The Labute approximate surface area is 138 Å². The van der Waals surface area contributed by atoms with E-state index in [2.05, 4.69) is 36.5 Å². The molecule has 1 saturated heterocycles. The standard InChI is InChI=1S/C18H27N3O2/c1-12(2)17(19)18(23)20-11-16(22)21-10-4-5-15(21)14-8-6-13(3)7-9-14/h6-9,12,15,17H,4-5,10-11,19H2,1-3H3,(H,20,23)/t15?,17-/m0/s1. The van der Waals surface area contributed by atoms with Gasteiger partial charge in [0.1, 0.15) is 0 Å². The van der Waals surface area contributed by atoms with Gasteiger partial charge in [-0.2, -0.15) is 0 Å². The van der Waals surface area contributed by atoms with Gasteiger partial charge in [-0.25, -0.2) is 0 Å². The topological polar surface area (TPSA) is 75.4 Å². The van der Waals surface area contributed by atoms with Crippen molar-refractivity contribution in [3.05, 3.63) is 35.4 Å². The Morgan fingerprint density at radius 2 is 1.96 bits per heavy atom. The monoisotopic (exact) mass is 317 g/mol. The van der Waals surface area contributed by atoms with Gasteiger partial charge in [-0.1, -0.05) is 43.7 Å². The van der Waals surface area contributed by atoms with Crippen LogP contribution in [0.25, 0.3) is 0 Å². The van der Waals surface area contributed by atoms with Gasteiger partial charge in [-0.3, -0.25) is 9.59 Å². The maximum Gasteiger partial charge on any atom is 0.242 e. The Morgan fingerprint density at radius 3 is 2.57 bits per heavy atom. The van der Waals surface area contributed by atoms with Gasteiger partial charge in [0.05, 0.1) is 18.6 Å². The molecule has 0 saturated carbocycles. The van der Waals surface area contributed by atoms with Crippen LogP contribution in [0.5, 0.6) is 0 Å². The van der Waals surface area contributed by atoms with Crippen molar-refractivity contribution >= 4 is 11.8 Å². The molecule has 1 heterocycles. The zero-order chi connectivity index (χ0) is 17.0. The van der Waals surface area contributed by atoms with E-state index in [-0.39, 0.29) is 30.3 Å². The van der Waals surface area contributed by atoms with Crippen molar-refractivity contribution in [3.8, 4) is 0 Å². The van der Waals surface area contributed by atoms with Crippen LogP contribution in [0.4, 0.5) is 0 Å². The van der Waals surface area contributed by atoms with Crippen LogP contribution in [0.2, 0.25) is 0 Å². The predicted octanol–water partition coefficient (Wildman–Crippen LogP) is 1.76. The summed E-state index contributed by atoms with van der Waals surface area (Å²) >= 11 is 0. The van der Waals surface area contributed by atoms with Crippen LogP contribution in [0, 0.1) is 12.8 Å². The summed E-state index contributed by atoms with van der Waals surface area (Å²) in [6, 6.07) is 7.84. The molecule has 1 aliphatic heterocycles. The Balaban J connectivity index is 1.95. The summed E-state index contributed by atoms with van der Waals surface area (Å²) in [5.74, 6) is -0.256. The maximum absolute atomic E-state index is 12.5. The number of nitrogens with one attached hydrogen (secondary N) is 1. The number of amides is 2. The highest BCUT2D eigenvalue weighted by atomic mass is 16.2. The third-order valence-corrected chi connectivity index (χ3v) is 4.47. The molecule has 2 rings (SSSR count). The number of aryl methyl sites for hydroxylation is 1. The second kappa shape index (κ2) is 7.59. The Morgan fingerprint density at radius 1 is 1.30 bits per heavy atom. The first-order valence-electron chi connectivity index (χ1n) is 8.29. The molecule has 0 aliphatic carbocycles. The predicted molar refractivity (Wildman–Crippen MR) is 90.7 cm³/mol. The number of nitrogens with two attached hydrogens (primary N) is 1. The van der Waals surface area contributed by atoms with E-state index in [0.717, 1.165) is 24.9 Å². The molecule has 1 unspecified atom stereocenters. The molecule has 1 fully saturated rings. The summed E-state index contributed by atoms with van der Waals surface area (Å²) in [5, 5.41) is 2.67. The largest absolute Gasteiger partial charge is 0.346 e. The molecule has 1 aromatic rings. The van der Waals surface area contributed by atoms with Crippen LogP contribution in [0.3, 0.4) is 0 Å². The quantitative estimate of drug-likeness (QED) is 0.869. The lowest BCUT2D eigenvalue weighted by Crippen LogP contribution is -2.47. The van der Waals surface area contributed by atoms with Gasteiger partial charge in [0.15, 0.2) is 0 Å². The molecular formula is C18H27N3O2. The summed E-state index contributed by atoms with van der Waals surface area (Å²) in [5.41, 5.74) is 8.16. The van der Waals surface area contributed by atoms with Crippen molar-refractivity contribution in [1.29, 1.82) is 0 Å². The second-order valence-corrected chi connectivity index (χ2v) is 6.64. The molecule has 0 spiro atoms. The number of hydrogen-bond acceptors (Lipinski definition) is 3. The van der Waals surface area contributed by atoms with Crippen molar-refractivity contribution < 1.29 is 9.59 Å². The van der Waals surface area contributed by atoms with Gasteiger partial charge in [0, 0.05) is 6.54 Å². The number of carbonyl (C=O) groups excluding carboxylic acids is 2. The smallest absolute Gasteiger partial charge is 0.242 e. The first-order chi connectivity index (χ1) is 10.9. The summed E-state index contributed by atoms with van der Waals surface area (Å²) < 4.78 is 0. The van der Waals surface area contributed by atoms with Gasteiger partial charge in [0.2, 0.25) is 11.8 Å². The Hall–Kier alpha value is -1.88. The molecule has 0 bridgehead atoms. The molecule has 23 heavy (non-hydrogen) atoms. The van der Waals surface area contributed by atoms with E-state index >= 15 is 0 Å². The third-order valence-electron chi connectivity index (χ3n) is 4.47. The lowest BCUT2D eigenvalue weighted by atomic mass is 10.0. The highest BCUT2D eigenvalue weighted by Crippen LogP contribution is 2.31. The maximum atomic E-state index is 12.5. The molecule has 2 atom stereocenters. The summed E-state index contributed by atoms with van der Waals surface area (Å²) in [7, 11) is 0. The van der Waals surface area contributed by atoms with E-state index in [1.165, 1.54) is 5.56 Å². The Kier molecular flexibility index (Phi) is 5.77. The molecule has 0 radical (unpaired) electrons. The highest BCUT2D eigenvalue weighted by Gasteiger charge is 2.30.